The highest BCUT2D eigenvalue weighted by atomic mass is 16.3. The molecule has 0 spiro atoms. The number of rotatable bonds is 0. The molecule has 0 aliphatic rings. The molecule has 53 valence electrons. The lowest BCUT2D eigenvalue weighted by Crippen LogP contribution is -1.72. The zero-order valence-corrected chi connectivity index (χ0v) is 5.82. The van der Waals surface area contributed by atoms with E-state index in [1.54, 1.807) is 30.6 Å². The van der Waals surface area contributed by atoms with Gasteiger partial charge in [-0.05, 0) is 29.7 Å². The highest BCUT2D eigenvalue weighted by Gasteiger charge is 1.93. The summed E-state index contributed by atoms with van der Waals surface area (Å²) in [6, 6.07) is 6.77. The van der Waals surface area contributed by atoms with Gasteiger partial charge in [0.1, 0.15) is 0 Å². The first kappa shape index (κ1) is 6.16. The Labute approximate surface area is 64.1 Å². The van der Waals surface area contributed by atoms with Crippen LogP contribution < -0.4 is 0 Å². The Morgan fingerprint density at radius 2 is 2.00 bits per heavy atom. The van der Waals surface area contributed by atoms with E-state index >= 15 is 0 Å². The summed E-state index contributed by atoms with van der Waals surface area (Å²) in [6.07, 6.45) is 3.43. The van der Waals surface area contributed by atoms with Gasteiger partial charge in [0.2, 0.25) is 0 Å². The molecule has 1 radical (unpaired) electrons. The Hall–Kier alpha value is -1.57. The number of aromatic nitrogens is 1. The van der Waals surface area contributed by atoms with Crippen molar-refractivity contribution in [2.45, 2.75) is 0 Å². The molecule has 0 atom stereocenters. The van der Waals surface area contributed by atoms with E-state index in [2.05, 4.69) is 4.98 Å². The number of hydrogen-bond donors (Lipinski definition) is 0. The third kappa shape index (κ3) is 1.03. The predicted molar refractivity (Wildman–Crippen MR) is 41.9 cm³/mol. The lowest BCUT2D eigenvalue weighted by atomic mass is 10.2. The zero-order chi connectivity index (χ0) is 7.68. The van der Waals surface area contributed by atoms with E-state index in [-0.39, 0.29) is 5.75 Å². The maximum absolute atomic E-state index is 10.9. The number of benzene rings is 1. The summed E-state index contributed by atoms with van der Waals surface area (Å²) in [6.45, 7) is 0. The van der Waals surface area contributed by atoms with Gasteiger partial charge in [-0.15, -0.1) is 0 Å². The van der Waals surface area contributed by atoms with Crippen LogP contribution in [0.1, 0.15) is 0 Å². The number of hydrogen-bond acceptors (Lipinski definition) is 1. The van der Waals surface area contributed by atoms with Gasteiger partial charge in [0.05, 0.1) is 0 Å². The number of nitrogens with zero attached hydrogens (tertiary/aromatic N) is 1. The Kier molecular flexibility index (Phi) is 1.25. The van der Waals surface area contributed by atoms with Gasteiger partial charge < -0.3 is 0 Å². The minimum Gasteiger partial charge on any atom is -0.290 e. The Morgan fingerprint density at radius 1 is 1.09 bits per heavy atom. The first-order chi connectivity index (χ1) is 5.36. The van der Waals surface area contributed by atoms with E-state index < -0.39 is 0 Å². The van der Waals surface area contributed by atoms with Crippen LogP contribution in [0.5, 0.6) is 5.75 Å². The smallest absolute Gasteiger partial charge is 0.179 e. The first-order valence-electron chi connectivity index (χ1n) is 3.37. The maximum atomic E-state index is 10.9. The number of pyridine rings is 1. The van der Waals surface area contributed by atoms with E-state index in [1.165, 1.54) is 0 Å². The third-order valence-corrected chi connectivity index (χ3v) is 1.61. The quantitative estimate of drug-likeness (QED) is 0.558. The molecule has 2 rings (SSSR count). The van der Waals surface area contributed by atoms with Crippen molar-refractivity contribution in [1.82, 2.24) is 4.98 Å². The number of fused-ring (bicyclic) bond motifs is 1. The van der Waals surface area contributed by atoms with Crippen LogP contribution in [0.15, 0.2) is 36.7 Å². The highest BCUT2D eigenvalue weighted by molar-refractivity contribution is 5.82. The van der Waals surface area contributed by atoms with Crippen LogP contribution in [0.2, 0.25) is 0 Å². The van der Waals surface area contributed by atoms with Crippen LogP contribution in [-0.2, 0) is 5.11 Å². The molecular weight excluding hydrogens is 138 g/mol. The van der Waals surface area contributed by atoms with E-state index in [0.29, 0.717) is 0 Å². The average Bonchev–Trinajstić information content (AvgIpc) is 2.04. The minimum absolute atomic E-state index is 0.0451. The molecule has 0 aliphatic heterocycles. The van der Waals surface area contributed by atoms with Gasteiger partial charge in [0.25, 0.3) is 0 Å². The maximum Gasteiger partial charge on any atom is 0.179 e. The first-order valence-corrected chi connectivity index (χ1v) is 3.37. The van der Waals surface area contributed by atoms with E-state index in [9.17, 15) is 5.11 Å². The molecule has 0 fully saturated rings. The van der Waals surface area contributed by atoms with Crippen molar-refractivity contribution in [3.63, 3.8) is 0 Å². The van der Waals surface area contributed by atoms with Crippen LogP contribution in [0.3, 0.4) is 0 Å². The second kappa shape index (κ2) is 2.23. The summed E-state index contributed by atoms with van der Waals surface area (Å²) in [7, 11) is 0. The van der Waals surface area contributed by atoms with Crippen molar-refractivity contribution in [3.8, 4) is 5.75 Å². The molecule has 1 heterocycles. The monoisotopic (exact) mass is 144 g/mol. The summed E-state index contributed by atoms with van der Waals surface area (Å²) < 4.78 is 0. The summed E-state index contributed by atoms with van der Waals surface area (Å²) in [4.78, 5) is 3.94. The molecule has 0 bridgehead atoms. The van der Waals surface area contributed by atoms with Crippen molar-refractivity contribution < 1.29 is 5.11 Å². The zero-order valence-electron chi connectivity index (χ0n) is 5.82. The normalized spacial score (nSPS) is 10.2. The lowest BCUT2D eigenvalue weighted by molar-refractivity contribution is 0.355. The van der Waals surface area contributed by atoms with Crippen LogP contribution >= 0.6 is 0 Å². The van der Waals surface area contributed by atoms with E-state index in [0.717, 1.165) is 10.8 Å². The lowest BCUT2D eigenvalue weighted by Gasteiger charge is -1.93. The Balaban J connectivity index is 2.83. The average molecular weight is 144 g/mol. The molecule has 2 nitrogen and oxygen atoms in total. The molecular formula is C9H6NO. The van der Waals surface area contributed by atoms with E-state index in [4.69, 9.17) is 0 Å². The summed E-state index contributed by atoms with van der Waals surface area (Å²) in [5.74, 6) is 0.0451. The van der Waals surface area contributed by atoms with Gasteiger partial charge in [0, 0.05) is 17.8 Å². The van der Waals surface area contributed by atoms with Crippen molar-refractivity contribution in [2.75, 3.05) is 0 Å². The largest absolute Gasteiger partial charge is 0.290 e. The van der Waals surface area contributed by atoms with Crippen LogP contribution in [0, 0.1) is 0 Å². The van der Waals surface area contributed by atoms with Crippen molar-refractivity contribution in [1.29, 1.82) is 0 Å². The molecule has 0 saturated carbocycles. The van der Waals surface area contributed by atoms with Crippen molar-refractivity contribution in [3.05, 3.63) is 36.7 Å². The summed E-state index contributed by atoms with van der Waals surface area (Å²) >= 11 is 0. The van der Waals surface area contributed by atoms with Crippen LogP contribution in [0.25, 0.3) is 10.8 Å². The molecule has 2 aromatic rings. The molecule has 1 aromatic heterocycles. The summed E-state index contributed by atoms with van der Waals surface area (Å²) in [5, 5.41) is 12.8. The van der Waals surface area contributed by atoms with Gasteiger partial charge in [-0.2, -0.15) is 0 Å². The fourth-order valence-corrected chi connectivity index (χ4v) is 1.06. The SMILES string of the molecule is [O]c1ccc2cnccc2c1. The topological polar surface area (TPSA) is 32.8 Å². The standard InChI is InChI=1S/C9H6NO/c11-9-2-1-8-6-10-4-3-7(8)5-9/h1-6H. The third-order valence-electron chi connectivity index (χ3n) is 1.61. The predicted octanol–water partition coefficient (Wildman–Crippen LogP) is 2.38. The van der Waals surface area contributed by atoms with Gasteiger partial charge in [-0.25, -0.2) is 0 Å². The molecule has 0 amide bonds. The summed E-state index contributed by atoms with van der Waals surface area (Å²) in [5.41, 5.74) is 0. The molecule has 1 aromatic carbocycles. The van der Waals surface area contributed by atoms with Crippen molar-refractivity contribution >= 4 is 10.8 Å². The second-order valence-corrected chi connectivity index (χ2v) is 2.38. The molecule has 0 N–H and O–H groups in total. The second-order valence-electron chi connectivity index (χ2n) is 2.38. The minimum atomic E-state index is 0.0451. The van der Waals surface area contributed by atoms with Crippen LogP contribution in [-0.4, -0.2) is 4.98 Å². The molecule has 11 heavy (non-hydrogen) atoms. The molecule has 0 aliphatic carbocycles. The fraction of sp³-hybridized carbons (Fsp3) is 0. The van der Waals surface area contributed by atoms with Gasteiger partial charge in [0.15, 0.2) is 5.75 Å². The fourth-order valence-electron chi connectivity index (χ4n) is 1.06. The molecule has 0 unspecified atom stereocenters. The Bertz CT molecular complexity index is 384. The highest BCUT2D eigenvalue weighted by Crippen LogP contribution is 2.18. The van der Waals surface area contributed by atoms with Gasteiger partial charge in [-0.3, -0.25) is 10.1 Å². The van der Waals surface area contributed by atoms with Crippen LogP contribution in [0.4, 0.5) is 0 Å². The molecule has 0 saturated heterocycles. The van der Waals surface area contributed by atoms with E-state index in [1.807, 2.05) is 6.07 Å². The Morgan fingerprint density at radius 3 is 2.91 bits per heavy atom. The van der Waals surface area contributed by atoms with Gasteiger partial charge in [-0.1, -0.05) is 0 Å². The van der Waals surface area contributed by atoms with Crippen molar-refractivity contribution in [2.24, 2.45) is 0 Å². The van der Waals surface area contributed by atoms with Gasteiger partial charge >= 0.3 is 0 Å². The molecule has 2 heteroatoms.